The fraction of sp³-hybridized carbons (Fsp3) is 0.222. The molecule has 1 N–H and O–H groups in total. The maximum atomic E-state index is 10.7. The van der Waals surface area contributed by atoms with E-state index in [2.05, 4.69) is 20.4 Å². The minimum Gasteiger partial charge on any atom is -0.371 e. The molecule has 8 nitrogen and oxygen atoms in total. The van der Waals surface area contributed by atoms with E-state index >= 15 is 0 Å². The Balaban J connectivity index is 2.11. The van der Waals surface area contributed by atoms with Crippen molar-refractivity contribution >= 4 is 11.5 Å². The molecule has 0 saturated heterocycles. The van der Waals surface area contributed by atoms with Gasteiger partial charge in [-0.3, -0.25) is 0 Å². The van der Waals surface area contributed by atoms with E-state index in [-0.39, 0.29) is 12.4 Å². The highest BCUT2D eigenvalue weighted by molar-refractivity contribution is 5.56. The van der Waals surface area contributed by atoms with Gasteiger partial charge in [0, 0.05) is 6.92 Å². The van der Waals surface area contributed by atoms with E-state index in [0.717, 1.165) is 0 Å². The number of aryl methyl sites for hydroxylation is 1. The van der Waals surface area contributed by atoms with Gasteiger partial charge in [-0.15, -0.1) is 0 Å². The number of anilines is 1. The molecule has 0 aliphatic carbocycles. The molecule has 0 bridgehead atoms. The smallest absolute Gasteiger partial charge is 0.371 e. The topological polar surface area (TPSA) is 107 Å². The summed E-state index contributed by atoms with van der Waals surface area (Å²) < 4.78 is 4.78. The Morgan fingerprint density at radius 3 is 3.06 bits per heavy atom. The van der Waals surface area contributed by atoms with Gasteiger partial charge in [0.05, 0.1) is 6.54 Å². The number of nitrogens with one attached hydrogen (secondary N) is 1. The van der Waals surface area contributed by atoms with Crippen molar-refractivity contribution in [3.8, 4) is 0 Å². The summed E-state index contributed by atoms with van der Waals surface area (Å²) in [7, 11) is 0. The van der Waals surface area contributed by atoms with Crippen molar-refractivity contribution in [1.29, 1.82) is 0 Å². The summed E-state index contributed by atoms with van der Waals surface area (Å²) in [5, 5.41) is 17.2. The van der Waals surface area contributed by atoms with Gasteiger partial charge in [-0.05, 0) is 22.0 Å². The molecule has 2 heterocycles. The summed E-state index contributed by atoms with van der Waals surface area (Å²) in [4.78, 5) is 17.8. The van der Waals surface area contributed by atoms with Crippen molar-refractivity contribution in [2.24, 2.45) is 0 Å². The molecule has 2 aromatic rings. The Hall–Kier alpha value is -2.51. The van der Waals surface area contributed by atoms with Crippen LogP contribution in [0.1, 0.15) is 11.7 Å². The monoisotopic (exact) mass is 235 g/mol. The number of pyridine rings is 1. The molecule has 8 heteroatoms. The molecule has 17 heavy (non-hydrogen) atoms. The number of nitrogens with zero attached hydrogens (tertiary/aromatic N) is 4. The van der Waals surface area contributed by atoms with Crippen LogP contribution in [-0.2, 0) is 6.54 Å². The van der Waals surface area contributed by atoms with Gasteiger partial charge in [0.15, 0.2) is 5.82 Å². The molecule has 0 unspecified atom stereocenters. The number of hydrogen-bond donors (Lipinski definition) is 1. The van der Waals surface area contributed by atoms with Crippen molar-refractivity contribution in [3.63, 3.8) is 0 Å². The average Bonchev–Trinajstić information content (AvgIpc) is 2.73. The Morgan fingerprint density at radius 1 is 1.59 bits per heavy atom. The van der Waals surface area contributed by atoms with Gasteiger partial charge in [-0.1, -0.05) is 5.16 Å². The van der Waals surface area contributed by atoms with E-state index in [4.69, 9.17) is 4.52 Å². The number of rotatable bonds is 4. The lowest BCUT2D eigenvalue weighted by Crippen LogP contribution is -2.04. The van der Waals surface area contributed by atoms with Crippen LogP contribution in [0.15, 0.2) is 22.9 Å². The fourth-order valence-corrected chi connectivity index (χ4v) is 1.27. The van der Waals surface area contributed by atoms with Gasteiger partial charge in [-0.25, -0.2) is 0 Å². The molecule has 0 aliphatic rings. The predicted molar refractivity (Wildman–Crippen MR) is 57.3 cm³/mol. The zero-order valence-corrected chi connectivity index (χ0v) is 8.95. The van der Waals surface area contributed by atoms with Crippen molar-refractivity contribution in [3.05, 3.63) is 40.2 Å². The van der Waals surface area contributed by atoms with Crippen molar-refractivity contribution in [2.75, 3.05) is 5.32 Å². The number of aromatic nitrogens is 3. The van der Waals surface area contributed by atoms with Crippen molar-refractivity contribution in [2.45, 2.75) is 13.5 Å². The summed E-state index contributed by atoms with van der Waals surface area (Å²) in [5.41, 5.74) is 0.319. The van der Waals surface area contributed by atoms with Crippen LogP contribution in [0, 0.1) is 17.0 Å². The second-order valence-electron chi connectivity index (χ2n) is 3.21. The lowest BCUT2D eigenvalue weighted by Gasteiger charge is -2.02. The summed E-state index contributed by atoms with van der Waals surface area (Å²) >= 11 is 0. The number of nitro groups is 1. The van der Waals surface area contributed by atoms with E-state index in [9.17, 15) is 10.1 Å². The molecular weight excluding hydrogens is 226 g/mol. The maximum absolute atomic E-state index is 10.7. The lowest BCUT2D eigenvalue weighted by atomic mass is 10.4. The van der Waals surface area contributed by atoms with E-state index < -0.39 is 4.92 Å². The van der Waals surface area contributed by atoms with Gasteiger partial charge < -0.3 is 20.0 Å². The summed E-state index contributed by atoms with van der Waals surface area (Å²) in [6, 6.07) is 3.18. The lowest BCUT2D eigenvalue weighted by molar-refractivity contribution is -0.388. The normalized spacial score (nSPS) is 10.2. The average molecular weight is 235 g/mol. The second kappa shape index (κ2) is 4.56. The quantitative estimate of drug-likeness (QED) is 0.628. The van der Waals surface area contributed by atoms with Crippen LogP contribution in [0.25, 0.3) is 0 Å². The van der Waals surface area contributed by atoms with Gasteiger partial charge in [0.2, 0.25) is 5.89 Å². The zero-order valence-electron chi connectivity index (χ0n) is 8.95. The molecule has 2 aromatic heterocycles. The minimum atomic E-state index is -0.552. The second-order valence-corrected chi connectivity index (χ2v) is 3.21. The Bertz CT molecular complexity index is 539. The first-order valence-corrected chi connectivity index (χ1v) is 4.79. The van der Waals surface area contributed by atoms with Gasteiger partial charge in [0.25, 0.3) is 0 Å². The summed E-state index contributed by atoms with van der Waals surface area (Å²) in [6.45, 7) is 1.91. The van der Waals surface area contributed by atoms with E-state index in [0.29, 0.717) is 17.4 Å². The minimum absolute atomic E-state index is 0.229. The first-order valence-electron chi connectivity index (χ1n) is 4.79. The Morgan fingerprint density at radius 2 is 2.41 bits per heavy atom. The van der Waals surface area contributed by atoms with Crippen molar-refractivity contribution < 1.29 is 9.45 Å². The Kier molecular flexibility index (Phi) is 2.95. The van der Waals surface area contributed by atoms with Crippen LogP contribution in [-0.4, -0.2) is 20.0 Å². The van der Waals surface area contributed by atoms with Crippen LogP contribution in [0.4, 0.5) is 11.5 Å². The SMILES string of the molecule is Cc1nc(CNc2cccnc2[N+](=O)[O-])no1. The third-order valence-electron chi connectivity index (χ3n) is 1.97. The maximum Gasteiger partial charge on any atom is 0.386 e. The van der Waals surface area contributed by atoms with Crippen molar-refractivity contribution in [1.82, 2.24) is 15.1 Å². The van der Waals surface area contributed by atoms with Gasteiger partial charge >= 0.3 is 5.82 Å². The molecule has 0 aliphatic heterocycles. The third kappa shape index (κ3) is 2.54. The molecule has 0 radical (unpaired) electrons. The standard InChI is InChI=1S/C9H9N5O3/c1-6-12-8(13-17-6)5-11-7-3-2-4-10-9(7)14(15)16/h2-4,11H,5H2,1H3. The fourth-order valence-electron chi connectivity index (χ4n) is 1.27. The van der Waals surface area contributed by atoms with E-state index in [1.54, 1.807) is 19.1 Å². The van der Waals surface area contributed by atoms with Crippen LogP contribution in [0.3, 0.4) is 0 Å². The molecule has 88 valence electrons. The zero-order chi connectivity index (χ0) is 12.3. The molecule has 0 saturated carbocycles. The largest absolute Gasteiger partial charge is 0.386 e. The molecule has 0 aromatic carbocycles. The summed E-state index contributed by atoms with van der Waals surface area (Å²) in [6.07, 6.45) is 1.36. The van der Waals surface area contributed by atoms with Gasteiger partial charge in [0.1, 0.15) is 11.9 Å². The molecule has 0 amide bonds. The highest BCUT2D eigenvalue weighted by Crippen LogP contribution is 2.20. The van der Waals surface area contributed by atoms with Crippen LogP contribution >= 0.6 is 0 Å². The molecule has 0 fully saturated rings. The summed E-state index contributed by atoms with van der Waals surface area (Å²) in [5.74, 6) is 0.649. The molecular formula is C9H9N5O3. The predicted octanol–water partition coefficient (Wildman–Crippen LogP) is 1.29. The molecule has 0 spiro atoms. The highest BCUT2D eigenvalue weighted by Gasteiger charge is 2.14. The first kappa shape index (κ1) is 11.0. The molecule has 0 atom stereocenters. The first-order chi connectivity index (χ1) is 8.16. The van der Waals surface area contributed by atoms with Crippen LogP contribution in [0.5, 0.6) is 0 Å². The van der Waals surface area contributed by atoms with Crippen LogP contribution < -0.4 is 5.32 Å². The highest BCUT2D eigenvalue weighted by atomic mass is 16.6. The molecule has 2 rings (SSSR count). The third-order valence-corrected chi connectivity index (χ3v) is 1.97. The van der Waals surface area contributed by atoms with Crippen LogP contribution in [0.2, 0.25) is 0 Å². The Labute approximate surface area is 95.8 Å². The van der Waals surface area contributed by atoms with Gasteiger partial charge in [-0.2, -0.15) is 4.98 Å². The van der Waals surface area contributed by atoms with E-state index in [1.165, 1.54) is 6.20 Å². The number of hydrogen-bond acceptors (Lipinski definition) is 7. The van der Waals surface area contributed by atoms with E-state index in [1.807, 2.05) is 0 Å².